The largest absolute Gasteiger partial charge is 0.444 e. The number of aromatic nitrogens is 1. The Hall–Kier alpha value is -1.78. The lowest BCUT2D eigenvalue weighted by Gasteiger charge is -2.23. The molecule has 1 rings (SSSR count). The first-order chi connectivity index (χ1) is 9.46. The Labute approximate surface area is 127 Å². The number of carbonyl (C=O) groups excluding carboxylic acids is 1. The lowest BCUT2D eigenvalue weighted by molar-refractivity contribution is 0.0523. The second kappa shape index (κ2) is 6.33. The third kappa shape index (κ3) is 6.97. The highest BCUT2D eigenvalue weighted by atomic mass is 16.6. The van der Waals surface area contributed by atoms with Gasteiger partial charge >= 0.3 is 6.09 Å². The Morgan fingerprint density at radius 3 is 2.33 bits per heavy atom. The highest BCUT2D eigenvalue weighted by Gasteiger charge is 2.16. The van der Waals surface area contributed by atoms with Gasteiger partial charge in [0.1, 0.15) is 11.4 Å². The maximum Gasteiger partial charge on any atom is 0.407 e. The Bertz CT molecular complexity index is 499. The van der Waals surface area contributed by atoms with Crippen LogP contribution in [0.5, 0.6) is 0 Å². The smallest absolute Gasteiger partial charge is 0.407 e. The number of amides is 1. The Balaban J connectivity index is 2.62. The third-order valence-corrected chi connectivity index (χ3v) is 2.46. The molecule has 1 aromatic heterocycles. The number of alkyl carbamates (subject to hydrolysis) is 1. The van der Waals surface area contributed by atoms with Crippen LogP contribution in [0.2, 0.25) is 0 Å². The van der Waals surface area contributed by atoms with Crippen LogP contribution < -0.4 is 10.6 Å². The summed E-state index contributed by atoms with van der Waals surface area (Å²) in [6, 6.07) is 2.01. The number of rotatable bonds is 3. The van der Waals surface area contributed by atoms with E-state index in [2.05, 4.69) is 36.4 Å². The van der Waals surface area contributed by atoms with Crippen molar-refractivity contribution in [3.8, 4) is 0 Å². The lowest BCUT2D eigenvalue weighted by atomic mass is 10.1. The minimum Gasteiger partial charge on any atom is -0.444 e. The molecule has 1 aromatic rings. The van der Waals surface area contributed by atoms with Crippen molar-refractivity contribution in [1.82, 2.24) is 10.3 Å². The molecule has 21 heavy (non-hydrogen) atoms. The number of carbonyl (C=O) groups is 1. The monoisotopic (exact) mass is 293 g/mol. The van der Waals surface area contributed by atoms with Crippen LogP contribution >= 0.6 is 0 Å². The minimum absolute atomic E-state index is 0.0337. The van der Waals surface area contributed by atoms with Gasteiger partial charge in [-0.15, -0.1) is 0 Å². The van der Waals surface area contributed by atoms with Gasteiger partial charge in [-0.05, 0) is 65.7 Å². The molecule has 1 heterocycles. The first kappa shape index (κ1) is 17.3. The number of hydrogen-bond donors (Lipinski definition) is 2. The number of nitrogens with one attached hydrogen (secondary N) is 2. The molecule has 0 bridgehead atoms. The molecule has 0 aliphatic rings. The lowest BCUT2D eigenvalue weighted by Crippen LogP contribution is -2.32. The summed E-state index contributed by atoms with van der Waals surface area (Å²) < 4.78 is 5.20. The molecule has 0 saturated heterocycles. The van der Waals surface area contributed by atoms with E-state index in [1.165, 1.54) is 0 Å². The van der Waals surface area contributed by atoms with Gasteiger partial charge in [0.25, 0.3) is 0 Å². The van der Waals surface area contributed by atoms with Crippen LogP contribution in [0.4, 0.5) is 10.6 Å². The number of aryl methyl sites for hydroxylation is 1. The molecular formula is C16H27N3O2. The van der Waals surface area contributed by atoms with Gasteiger partial charge in [-0.3, -0.25) is 0 Å². The predicted octanol–water partition coefficient (Wildman–Crippen LogP) is 3.63. The number of nitrogens with zero attached hydrogens (tertiary/aromatic N) is 1. The molecule has 5 heteroatoms. The number of pyridine rings is 1. The highest BCUT2D eigenvalue weighted by Crippen LogP contribution is 2.17. The summed E-state index contributed by atoms with van der Waals surface area (Å²) >= 11 is 0. The number of hydrogen-bond acceptors (Lipinski definition) is 4. The molecule has 0 spiro atoms. The quantitative estimate of drug-likeness (QED) is 0.893. The molecule has 0 radical (unpaired) electrons. The van der Waals surface area contributed by atoms with Crippen LogP contribution in [0.15, 0.2) is 12.3 Å². The van der Waals surface area contributed by atoms with Gasteiger partial charge in [0.15, 0.2) is 0 Å². The van der Waals surface area contributed by atoms with Gasteiger partial charge in [0.05, 0.1) is 0 Å². The van der Waals surface area contributed by atoms with E-state index in [0.29, 0.717) is 6.54 Å². The van der Waals surface area contributed by atoms with Gasteiger partial charge < -0.3 is 15.4 Å². The fourth-order valence-corrected chi connectivity index (χ4v) is 1.70. The highest BCUT2D eigenvalue weighted by molar-refractivity contribution is 5.67. The van der Waals surface area contributed by atoms with E-state index in [9.17, 15) is 4.79 Å². The van der Waals surface area contributed by atoms with Crippen LogP contribution in [-0.2, 0) is 11.3 Å². The number of anilines is 1. The maximum atomic E-state index is 11.6. The fourth-order valence-electron chi connectivity index (χ4n) is 1.70. The zero-order chi connectivity index (χ0) is 16.3. The summed E-state index contributed by atoms with van der Waals surface area (Å²) in [6.07, 6.45) is 1.34. The summed E-state index contributed by atoms with van der Waals surface area (Å²) in [5.74, 6) is 0.864. The van der Waals surface area contributed by atoms with Gasteiger partial charge in [-0.25, -0.2) is 9.78 Å². The van der Waals surface area contributed by atoms with E-state index in [0.717, 1.165) is 16.9 Å². The van der Waals surface area contributed by atoms with Crippen molar-refractivity contribution >= 4 is 11.9 Å². The van der Waals surface area contributed by atoms with Crippen molar-refractivity contribution in [3.63, 3.8) is 0 Å². The van der Waals surface area contributed by atoms with Gasteiger partial charge in [0.2, 0.25) is 0 Å². The zero-order valence-electron chi connectivity index (χ0n) is 14.1. The standard InChI is InChI=1S/C16H27N3O2/c1-11-8-12(9-17-13(11)19-15(2,3)4)10-18-14(20)21-16(5,6)7/h8-9H,10H2,1-7H3,(H,17,19)(H,18,20). The van der Waals surface area contributed by atoms with Crippen molar-refractivity contribution < 1.29 is 9.53 Å². The van der Waals surface area contributed by atoms with Gasteiger partial charge in [-0.2, -0.15) is 0 Å². The van der Waals surface area contributed by atoms with E-state index >= 15 is 0 Å². The minimum atomic E-state index is -0.487. The molecule has 2 N–H and O–H groups in total. The van der Waals surface area contributed by atoms with Crippen molar-refractivity contribution in [2.75, 3.05) is 5.32 Å². The summed E-state index contributed by atoms with van der Waals surface area (Å²) in [6.45, 7) is 14.2. The third-order valence-electron chi connectivity index (χ3n) is 2.46. The second-order valence-corrected chi connectivity index (χ2v) is 7.24. The van der Waals surface area contributed by atoms with Crippen LogP contribution in [0.1, 0.15) is 52.7 Å². The van der Waals surface area contributed by atoms with Crippen molar-refractivity contribution in [3.05, 3.63) is 23.4 Å². The molecule has 118 valence electrons. The molecule has 0 aromatic carbocycles. The van der Waals surface area contributed by atoms with E-state index in [4.69, 9.17) is 4.74 Å². The second-order valence-electron chi connectivity index (χ2n) is 7.24. The van der Waals surface area contributed by atoms with Crippen molar-refractivity contribution in [2.45, 2.75) is 66.2 Å². The summed E-state index contributed by atoms with van der Waals surface area (Å²) in [5.41, 5.74) is 1.47. The summed E-state index contributed by atoms with van der Waals surface area (Å²) in [5, 5.41) is 6.08. The first-order valence-electron chi connectivity index (χ1n) is 7.17. The number of ether oxygens (including phenoxy) is 1. The SMILES string of the molecule is Cc1cc(CNC(=O)OC(C)(C)C)cnc1NC(C)(C)C. The van der Waals surface area contributed by atoms with Crippen LogP contribution in [0, 0.1) is 6.92 Å². The average molecular weight is 293 g/mol. The molecule has 0 fully saturated rings. The van der Waals surface area contributed by atoms with Crippen LogP contribution in [0.3, 0.4) is 0 Å². The summed E-state index contributed by atoms with van der Waals surface area (Å²) in [4.78, 5) is 16.0. The van der Waals surface area contributed by atoms with E-state index in [-0.39, 0.29) is 5.54 Å². The Kier molecular flexibility index (Phi) is 5.20. The van der Waals surface area contributed by atoms with Gasteiger partial charge in [0, 0.05) is 18.3 Å². The Morgan fingerprint density at radius 1 is 1.24 bits per heavy atom. The van der Waals surface area contributed by atoms with Crippen molar-refractivity contribution in [2.24, 2.45) is 0 Å². The van der Waals surface area contributed by atoms with Gasteiger partial charge in [-0.1, -0.05) is 0 Å². The molecule has 0 aliphatic heterocycles. The fraction of sp³-hybridized carbons (Fsp3) is 0.625. The molecular weight excluding hydrogens is 266 g/mol. The molecule has 0 aliphatic carbocycles. The molecule has 5 nitrogen and oxygen atoms in total. The van der Waals surface area contributed by atoms with E-state index in [1.54, 1.807) is 6.20 Å². The van der Waals surface area contributed by atoms with Crippen LogP contribution in [0.25, 0.3) is 0 Å². The van der Waals surface area contributed by atoms with E-state index in [1.807, 2.05) is 33.8 Å². The molecule has 0 unspecified atom stereocenters. The van der Waals surface area contributed by atoms with Crippen LogP contribution in [-0.4, -0.2) is 22.2 Å². The molecule has 0 saturated carbocycles. The normalized spacial score (nSPS) is 12.0. The zero-order valence-corrected chi connectivity index (χ0v) is 14.1. The summed E-state index contributed by atoms with van der Waals surface area (Å²) in [7, 11) is 0. The predicted molar refractivity (Wildman–Crippen MR) is 85.4 cm³/mol. The topological polar surface area (TPSA) is 63.2 Å². The van der Waals surface area contributed by atoms with E-state index < -0.39 is 11.7 Å². The average Bonchev–Trinajstić information content (AvgIpc) is 2.26. The maximum absolute atomic E-state index is 11.6. The molecule has 0 atom stereocenters. The van der Waals surface area contributed by atoms with Crippen molar-refractivity contribution in [1.29, 1.82) is 0 Å². The first-order valence-corrected chi connectivity index (χ1v) is 7.17. The Morgan fingerprint density at radius 2 is 1.86 bits per heavy atom. The molecule has 1 amide bonds.